The van der Waals surface area contributed by atoms with Crippen molar-refractivity contribution in [3.05, 3.63) is 29.0 Å². The Balaban J connectivity index is 2.70. The molecule has 2 atom stereocenters. The van der Waals surface area contributed by atoms with Crippen molar-refractivity contribution in [2.24, 2.45) is 5.92 Å². The van der Waals surface area contributed by atoms with Crippen LogP contribution in [0.4, 0.5) is 14.9 Å². The minimum absolute atomic E-state index is 0.0565. The molecule has 110 valence electrons. The van der Waals surface area contributed by atoms with Crippen molar-refractivity contribution in [2.75, 3.05) is 5.32 Å². The van der Waals surface area contributed by atoms with E-state index < -0.39 is 23.9 Å². The van der Waals surface area contributed by atoms with Gasteiger partial charge in [-0.05, 0) is 24.1 Å². The molecule has 3 N–H and O–H groups in total. The van der Waals surface area contributed by atoms with E-state index in [1.165, 1.54) is 12.1 Å². The number of nitrogens with one attached hydrogen (secondary N) is 2. The Hall–Kier alpha value is -1.82. The summed E-state index contributed by atoms with van der Waals surface area (Å²) in [6.07, 6.45) is 0.604. The highest BCUT2D eigenvalue weighted by molar-refractivity contribution is 6.30. The van der Waals surface area contributed by atoms with Crippen LogP contribution in [0.5, 0.6) is 0 Å². The lowest BCUT2D eigenvalue weighted by atomic mass is 9.99. The zero-order valence-electron chi connectivity index (χ0n) is 11.1. The van der Waals surface area contributed by atoms with Crippen molar-refractivity contribution in [1.82, 2.24) is 5.32 Å². The second-order valence-electron chi connectivity index (χ2n) is 4.43. The average molecular weight is 303 g/mol. The maximum absolute atomic E-state index is 13.2. The third-order valence-corrected chi connectivity index (χ3v) is 3.25. The monoisotopic (exact) mass is 302 g/mol. The minimum Gasteiger partial charge on any atom is -0.480 e. The molecule has 0 saturated heterocycles. The van der Waals surface area contributed by atoms with Crippen LogP contribution in [0.25, 0.3) is 0 Å². The molecule has 0 aromatic heterocycles. The number of carbonyl (C=O) groups is 2. The molecule has 7 heteroatoms. The molecule has 0 fully saturated rings. The molecule has 1 aromatic rings. The quantitative estimate of drug-likeness (QED) is 0.782. The van der Waals surface area contributed by atoms with E-state index >= 15 is 0 Å². The fraction of sp³-hybridized carbons (Fsp3) is 0.385. The van der Waals surface area contributed by atoms with E-state index in [0.717, 1.165) is 6.07 Å². The molecule has 0 spiro atoms. The molecule has 0 aliphatic rings. The highest BCUT2D eigenvalue weighted by Gasteiger charge is 2.25. The van der Waals surface area contributed by atoms with Gasteiger partial charge in [0.25, 0.3) is 0 Å². The van der Waals surface area contributed by atoms with Crippen LogP contribution in [0.15, 0.2) is 18.2 Å². The van der Waals surface area contributed by atoms with E-state index in [1.54, 1.807) is 6.92 Å². The molecule has 1 rings (SSSR count). The fourth-order valence-electron chi connectivity index (χ4n) is 1.57. The topological polar surface area (TPSA) is 78.4 Å². The molecule has 0 aliphatic heterocycles. The number of urea groups is 1. The zero-order valence-corrected chi connectivity index (χ0v) is 11.9. The number of hydrogen-bond donors (Lipinski definition) is 3. The number of carbonyl (C=O) groups excluding carboxylic acids is 1. The number of hydrogen-bond acceptors (Lipinski definition) is 2. The maximum atomic E-state index is 13.2. The third kappa shape index (κ3) is 4.38. The smallest absolute Gasteiger partial charge is 0.326 e. The fourth-order valence-corrected chi connectivity index (χ4v) is 1.68. The predicted molar refractivity (Wildman–Crippen MR) is 74.4 cm³/mol. The Bertz CT molecular complexity index is 510. The molecule has 5 nitrogen and oxygen atoms in total. The molecule has 0 aliphatic carbocycles. The Labute approximate surface area is 121 Å². The number of carboxylic acids is 1. The summed E-state index contributed by atoms with van der Waals surface area (Å²) in [5, 5.41) is 13.7. The van der Waals surface area contributed by atoms with E-state index in [-0.39, 0.29) is 16.6 Å². The molecule has 2 amide bonds. The Morgan fingerprint density at radius 2 is 2.10 bits per heavy atom. The van der Waals surface area contributed by atoms with Gasteiger partial charge in [-0.15, -0.1) is 0 Å². The normalized spacial score (nSPS) is 13.4. The van der Waals surface area contributed by atoms with Gasteiger partial charge in [-0.2, -0.15) is 0 Å². The average Bonchev–Trinajstić information content (AvgIpc) is 2.39. The van der Waals surface area contributed by atoms with Gasteiger partial charge in [0.2, 0.25) is 0 Å². The summed E-state index contributed by atoms with van der Waals surface area (Å²) in [5.41, 5.74) is 0.192. The van der Waals surface area contributed by atoms with Crippen molar-refractivity contribution in [2.45, 2.75) is 26.3 Å². The SMILES string of the molecule is CCC(C)[C@H](NC(=O)Nc1ccc(Cl)c(F)c1)C(=O)O. The number of carboxylic acid groups (broad SMARTS) is 1. The summed E-state index contributed by atoms with van der Waals surface area (Å²) in [7, 11) is 0. The first-order valence-electron chi connectivity index (χ1n) is 6.10. The van der Waals surface area contributed by atoms with Gasteiger partial charge in [-0.1, -0.05) is 31.9 Å². The van der Waals surface area contributed by atoms with Crippen LogP contribution in [-0.2, 0) is 4.79 Å². The molecule has 0 heterocycles. The van der Waals surface area contributed by atoms with Crippen LogP contribution in [0.3, 0.4) is 0 Å². The van der Waals surface area contributed by atoms with Crippen molar-refractivity contribution in [3.63, 3.8) is 0 Å². The van der Waals surface area contributed by atoms with E-state index in [2.05, 4.69) is 10.6 Å². The minimum atomic E-state index is -1.11. The molecular formula is C13H16ClFN2O3. The lowest BCUT2D eigenvalue weighted by Crippen LogP contribution is -2.46. The van der Waals surface area contributed by atoms with Crippen molar-refractivity contribution < 1.29 is 19.1 Å². The summed E-state index contributed by atoms with van der Waals surface area (Å²) < 4.78 is 13.2. The Kier molecular flexibility index (Phi) is 5.76. The first-order chi connectivity index (χ1) is 9.35. The third-order valence-electron chi connectivity index (χ3n) is 2.94. The number of amides is 2. The standard InChI is InChI=1S/C13H16ClFN2O3/c1-3-7(2)11(12(18)19)17-13(20)16-8-4-5-9(14)10(15)6-8/h4-7,11H,3H2,1-2H3,(H,18,19)(H2,16,17,20)/t7?,11-/m0/s1. The Morgan fingerprint density at radius 3 is 2.60 bits per heavy atom. The number of halogens is 2. The summed E-state index contributed by atoms with van der Waals surface area (Å²) in [6, 6.07) is 2.07. The van der Waals surface area contributed by atoms with Gasteiger partial charge in [0.05, 0.1) is 5.02 Å². The summed E-state index contributed by atoms with van der Waals surface area (Å²) in [5.74, 6) is -2.00. The number of aliphatic carboxylic acids is 1. The van der Waals surface area contributed by atoms with Crippen LogP contribution in [0.2, 0.25) is 5.02 Å². The van der Waals surface area contributed by atoms with Gasteiger partial charge in [0.15, 0.2) is 0 Å². The van der Waals surface area contributed by atoms with Crippen LogP contribution in [0.1, 0.15) is 20.3 Å². The van der Waals surface area contributed by atoms with E-state index in [9.17, 15) is 14.0 Å². The Morgan fingerprint density at radius 1 is 1.45 bits per heavy atom. The number of rotatable bonds is 5. The van der Waals surface area contributed by atoms with E-state index in [4.69, 9.17) is 16.7 Å². The zero-order chi connectivity index (χ0) is 15.3. The molecule has 0 radical (unpaired) electrons. The van der Waals surface area contributed by atoms with Crippen LogP contribution >= 0.6 is 11.6 Å². The highest BCUT2D eigenvalue weighted by atomic mass is 35.5. The maximum Gasteiger partial charge on any atom is 0.326 e. The summed E-state index contributed by atoms with van der Waals surface area (Å²) in [6.45, 7) is 3.55. The number of anilines is 1. The molecule has 0 bridgehead atoms. The van der Waals surface area contributed by atoms with Gasteiger partial charge in [0.1, 0.15) is 11.9 Å². The molecule has 1 unspecified atom stereocenters. The van der Waals surface area contributed by atoms with Gasteiger partial charge in [-0.3, -0.25) is 0 Å². The van der Waals surface area contributed by atoms with Crippen LogP contribution in [-0.4, -0.2) is 23.1 Å². The van der Waals surface area contributed by atoms with Crippen LogP contribution < -0.4 is 10.6 Å². The lowest BCUT2D eigenvalue weighted by Gasteiger charge is -2.20. The van der Waals surface area contributed by atoms with Gasteiger partial charge in [0, 0.05) is 5.69 Å². The molecule has 1 aromatic carbocycles. The summed E-state index contributed by atoms with van der Waals surface area (Å²) >= 11 is 5.52. The highest BCUT2D eigenvalue weighted by Crippen LogP contribution is 2.18. The second kappa shape index (κ2) is 7.09. The second-order valence-corrected chi connectivity index (χ2v) is 4.84. The first kappa shape index (κ1) is 16.2. The molecular weight excluding hydrogens is 287 g/mol. The largest absolute Gasteiger partial charge is 0.480 e. The van der Waals surface area contributed by atoms with Crippen LogP contribution in [0, 0.1) is 11.7 Å². The lowest BCUT2D eigenvalue weighted by molar-refractivity contribution is -0.140. The van der Waals surface area contributed by atoms with E-state index in [1.807, 2.05) is 6.92 Å². The van der Waals surface area contributed by atoms with Gasteiger partial charge >= 0.3 is 12.0 Å². The van der Waals surface area contributed by atoms with Crippen molar-refractivity contribution in [3.8, 4) is 0 Å². The van der Waals surface area contributed by atoms with Crippen molar-refractivity contribution >= 4 is 29.3 Å². The van der Waals surface area contributed by atoms with Crippen molar-refractivity contribution in [1.29, 1.82) is 0 Å². The molecule has 0 saturated carbocycles. The van der Waals surface area contributed by atoms with Gasteiger partial charge < -0.3 is 15.7 Å². The van der Waals surface area contributed by atoms with Gasteiger partial charge in [-0.25, -0.2) is 14.0 Å². The molecule has 20 heavy (non-hydrogen) atoms. The predicted octanol–water partition coefficient (Wildman–Crippen LogP) is 3.10. The number of benzene rings is 1. The first-order valence-corrected chi connectivity index (χ1v) is 6.48. The van der Waals surface area contributed by atoms with E-state index in [0.29, 0.717) is 6.42 Å². The summed E-state index contributed by atoms with van der Waals surface area (Å²) in [4.78, 5) is 22.8.